The first-order valence-corrected chi connectivity index (χ1v) is 8.62. The van der Waals surface area contributed by atoms with E-state index in [1.165, 1.54) is 6.07 Å². The van der Waals surface area contributed by atoms with Crippen LogP contribution in [0, 0.1) is 10.1 Å². The van der Waals surface area contributed by atoms with Crippen LogP contribution >= 0.6 is 0 Å². The van der Waals surface area contributed by atoms with E-state index in [1.807, 2.05) is 0 Å². The van der Waals surface area contributed by atoms with Gasteiger partial charge in [-0.25, -0.2) is 0 Å². The molecule has 0 radical (unpaired) electrons. The highest BCUT2D eigenvalue weighted by molar-refractivity contribution is 6.05. The van der Waals surface area contributed by atoms with Crippen molar-refractivity contribution >= 4 is 28.9 Å². The number of rotatable bonds is 7. The van der Waals surface area contributed by atoms with Crippen LogP contribution in [0.25, 0.3) is 0 Å². The predicted molar refractivity (Wildman–Crippen MR) is 102 cm³/mol. The van der Waals surface area contributed by atoms with Gasteiger partial charge in [-0.3, -0.25) is 19.7 Å². The minimum Gasteiger partial charge on any atom is -0.377 e. The number of carbonyl (C=O) groups is 2. The number of anilines is 2. The molecule has 2 aromatic rings. The van der Waals surface area contributed by atoms with Gasteiger partial charge in [-0.15, -0.1) is 0 Å². The number of nitro groups is 1. The van der Waals surface area contributed by atoms with E-state index in [0.29, 0.717) is 11.4 Å². The molecule has 1 aliphatic carbocycles. The van der Waals surface area contributed by atoms with Crippen LogP contribution in [-0.2, 0) is 11.2 Å². The Kier molecular flexibility index (Phi) is 5.35. The molecule has 0 saturated heterocycles. The molecule has 1 fully saturated rings. The number of amides is 2. The molecule has 1 aliphatic rings. The minimum atomic E-state index is -0.491. The van der Waals surface area contributed by atoms with Crippen LogP contribution in [0.15, 0.2) is 42.5 Å². The van der Waals surface area contributed by atoms with Gasteiger partial charge in [0, 0.05) is 30.4 Å². The number of hydrogen-bond acceptors (Lipinski definition) is 5. The van der Waals surface area contributed by atoms with Crippen molar-refractivity contribution in [3.8, 4) is 0 Å². The van der Waals surface area contributed by atoms with Crippen LogP contribution in [0.5, 0.6) is 0 Å². The molecule has 1 saturated carbocycles. The van der Waals surface area contributed by atoms with Crippen molar-refractivity contribution in [2.24, 2.45) is 0 Å². The monoisotopic (exact) mass is 368 g/mol. The zero-order chi connectivity index (χ0) is 19.4. The Hall–Kier alpha value is -3.42. The van der Waals surface area contributed by atoms with Gasteiger partial charge in [-0.05, 0) is 42.7 Å². The summed E-state index contributed by atoms with van der Waals surface area (Å²) in [6.07, 6.45) is 2.25. The smallest absolute Gasteiger partial charge is 0.293 e. The SMILES string of the molecule is CNC(=O)Cc1ccc(NC(=O)c2ccc(NC3CC3)c([N+](=O)[O-])c2)cc1. The summed E-state index contributed by atoms with van der Waals surface area (Å²) < 4.78 is 0. The predicted octanol–water partition coefficient (Wildman–Crippen LogP) is 2.71. The fourth-order valence-electron chi connectivity index (χ4n) is 2.58. The first-order chi connectivity index (χ1) is 13.0. The van der Waals surface area contributed by atoms with E-state index in [4.69, 9.17) is 0 Å². The van der Waals surface area contributed by atoms with Gasteiger partial charge in [0.05, 0.1) is 11.3 Å². The largest absolute Gasteiger partial charge is 0.377 e. The van der Waals surface area contributed by atoms with Crippen molar-refractivity contribution in [2.75, 3.05) is 17.7 Å². The van der Waals surface area contributed by atoms with Gasteiger partial charge in [-0.2, -0.15) is 0 Å². The van der Waals surface area contributed by atoms with Crippen molar-refractivity contribution in [1.82, 2.24) is 5.32 Å². The topological polar surface area (TPSA) is 113 Å². The number of nitrogens with zero attached hydrogens (tertiary/aromatic N) is 1. The highest BCUT2D eigenvalue weighted by Gasteiger charge is 2.25. The molecule has 8 heteroatoms. The summed E-state index contributed by atoms with van der Waals surface area (Å²) in [5.41, 5.74) is 1.88. The molecule has 27 heavy (non-hydrogen) atoms. The van der Waals surface area contributed by atoms with Crippen LogP contribution in [0.4, 0.5) is 17.1 Å². The molecule has 0 spiro atoms. The Balaban J connectivity index is 1.70. The van der Waals surface area contributed by atoms with Crippen molar-refractivity contribution in [3.05, 3.63) is 63.7 Å². The number of carbonyl (C=O) groups excluding carboxylic acids is 2. The molecular formula is C19H20N4O4. The first-order valence-electron chi connectivity index (χ1n) is 8.62. The van der Waals surface area contributed by atoms with E-state index in [0.717, 1.165) is 18.4 Å². The fourth-order valence-corrected chi connectivity index (χ4v) is 2.58. The normalized spacial score (nSPS) is 12.9. The molecule has 3 rings (SSSR count). The fraction of sp³-hybridized carbons (Fsp3) is 0.263. The molecule has 2 aromatic carbocycles. The molecule has 0 aliphatic heterocycles. The average Bonchev–Trinajstić information content (AvgIpc) is 3.47. The van der Waals surface area contributed by atoms with E-state index in [2.05, 4.69) is 16.0 Å². The van der Waals surface area contributed by atoms with Crippen LogP contribution in [-0.4, -0.2) is 29.8 Å². The summed E-state index contributed by atoms with van der Waals surface area (Å²) in [4.78, 5) is 34.6. The van der Waals surface area contributed by atoms with Crippen LogP contribution in [0.3, 0.4) is 0 Å². The maximum atomic E-state index is 12.4. The number of hydrogen-bond donors (Lipinski definition) is 3. The zero-order valence-corrected chi connectivity index (χ0v) is 14.8. The molecule has 2 amide bonds. The Morgan fingerprint density at radius 2 is 1.85 bits per heavy atom. The molecule has 0 unspecified atom stereocenters. The maximum Gasteiger partial charge on any atom is 0.293 e. The maximum absolute atomic E-state index is 12.4. The number of nitrogens with one attached hydrogen (secondary N) is 3. The highest BCUT2D eigenvalue weighted by Crippen LogP contribution is 2.31. The Morgan fingerprint density at radius 3 is 2.44 bits per heavy atom. The average molecular weight is 368 g/mol. The van der Waals surface area contributed by atoms with Crippen LogP contribution in [0.2, 0.25) is 0 Å². The Labute approximate surface area is 156 Å². The van der Waals surface area contributed by atoms with Gasteiger partial charge in [0.2, 0.25) is 5.91 Å². The molecular weight excluding hydrogens is 348 g/mol. The lowest BCUT2D eigenvalue weighted by Gasteiger charge is -2.09. The summed E-state index contributed by atoms with van der Waals surface area (Å²) in [7, 11) is 1.57. The molecule has 3 N–H and O–H groups in total. The van der Waals surface area contributed by atoms with Crippen molar-refractivity contribution < 1.29 is 14.5 Å². The van der Waals surface area contributed by atoms with E-state index in [-0.39, 0.29) is 29.6 Å². The second kappa shape index (κ2) is 7.86. The highest BCUT2D eigenvalue weighted by atomic mass is 16.6. The van der Waals surface area contributed by atoms with Crippen LogP contribution < -0.4 is 16.0 Å². The first kappa shape index (κ1) is 18.4. The van der Waals surface area contributed by atoms with E-state index < -0.39 is 10.8 Å². The minimum absolute atomic E-state index is 0.0982. The lowest BCUT2D eigenvalue weighted by Crippen LogP contribution is -2.19. The van der Waals surface area contributed by atoms with Gasteiger partial charge in [-0.1, -0.05) is 12.1 Å². The summed E-state index contributed by atoms with van der Waals surface area (Å²) >= 11 is 0. The van der Waals surface area contributed by atoms with Gasteiger partial charge < -0.3 is 16.0 Å². The Bertz CT molecular complexity index is 876. The molecule has 140 valence electrons. The summed E-state index contributed by atoms with van der Waals surface area (Å²) in [5.74, 6) is -0.533. The molecule has 0 atom stereocenters. The van der Waals surface area contributed by atoms with Crippen LogP contribution in [0.1, 0.15) is 28.8 Å². The third kappa shape index (κ3) is 4.81. The van der Waals surface area contributed by atoms with Gasteiger partial charge in [0.25, 0.3) is 11.6 Å². The molecule has 0 bridgehead atoms. The Morgan fingerprint density at radius 1 is 1.15 bits per heavy atom. The number of likely N-dealkylation sites (N-methyl/N-ethyl adjacent to an activating group) is 1. The zero-order valence-electron chi connectivity index (χ0n) is 14.8. The number of benzene rings is 2. The van der Waals surface area contributed by atoms with Gasteiger partial charge in [0.1, 0.15) is 5.69 Å². The second-order valence-corrected chi connectivity index (χ2v) is 6.41. The van der Waals surface area contributed by atoms with Crippen molar-refractivity contribution in [3.63, 3.8) is 0 Å². The third-order valence-electron chi connectivity index (χ3n) is 4.25. The van der Waals surface area contributed by atoms with E-state index >= 15 is 0 Å². The second-order valence-electron chi connectivity index (χ2n) is 6.41. The lowest BCUT2D eigenvalue weighted by atomic mass is 10.1. The van der Waals surface area contributed by atoms with Gasteiger partial charge >= 0.3 is 0 Å². The third-order valence-corrected chi connectivity index (χ3v) is 4.25. The molecule has 0 aromatic heterocycles. The standard InChI is InChI=1S/C19H20N4O4/c1-20-18(24)10-12-2-5-15(6-3-12)22-19(25)13-4-9-16(21-14-7-8-14)17(11-13)23(26)27/h2-6,9,11,14,21H,7-8,10H2,1H3,(H,20,24)(H,22,25). The van der Waals surface area contributed by atoms with Gasteiger partial charge in [0.15, 0.2) is 0 Å². The quantitative estimate of drug-likeness (QED) is 0.514. The van der Waals surface area contributed by atoms with E-state index in [1.54, 1.807) is 43.4 Å². The number of nitro benzene ring substituents is 1. The van der Waals surface area contributed by atoms with Crippen molar-refractivity contribution in [1.29, 1.82) is 0 Å². The molecule has 0 heterocycles. The van der Waals surface area contributed by atoms with Crippen molar-refractivity contribution in [2.45, 2.75) is 25.3 Å². The van der Waals surface area contributed by atoms with E-state index in [9.17, 15) is 19.7 Å². The lowest BCUT2D eigenvalue weighted by molar-refractivity contribution is -0.384. The molecule has 8 nitrogen and oxygen atoms in total. The summed E-state index contributed by atoms with van der Waals surface area (Å²) in [5, 5.41) is 19.7. The summed E-state index contributed by atoms with van der Waals surface area (Å²) in [6.45, 7) is 0. The summed E-state index contributed by atoms with van der Waals surface area (Å²) in [6, 6.07) is 11.6.